The quantitative estimate of drug-likeness (QED) is 0.681. The Morgan fingerprint density at radius 1 is 1.00 bits per heavy atom. The fourth-order valence-electron chi connectivity index (χ4n) is 1.73. The highest BCUT2D eigenvalue weighted by atomic mass is 79.9. The van der Waals surface area contributed by atoms with Gasteiger partial charge in [0.15, 0.2) is 0 Å². The molecule has 0 saturated carbocycles. The molecule has 0 fully saturated rings. The van der Waals surface area contributed by atoms with E-state index in [1.165, 1.54) is 12.1 Å². The maximum atomic E-state index is 12.4. The van der Waals surface area contributed by atoms with E-state index in [4.69, 9.17) is 4.74 Å². The molecule has 0 aromatic heterocycles. The van der Waals surface area contributed by atoms with Crippen molar-refractivity contribution in [1.29, 1.82) is 0 Å². The topological polar surface area (TPSA) is 9.23 Å². The minimum atomic E-state index is -4.33. The summed E-state index contributed by atoms with van der Waals surface area (Å²) in [5.74, 6) is 0.979. The molecule has 0 heterocycles. The Morgan fingerprint density at radius 3 is 2.15 bits per heavy atom. The predicted octanol–water partition coefficient (Wildman–Crippen LogP) is 5.82. The van der Waals surface area contributed by atoms with Gasteiger partial charge in [-0.3, -0.25) is 0 Å². The lowest BCUT2D eigenvalue weighted by atomic mass is 10.1. The smallest absolute Gasteiger partial charge is 0.416 e. The van der Waals surface area contributed by atoms with Crippen LogP contribution in [0, 0.1) is 0 Å². The number of halogens is 4. The zero-order chi connectivity index (χ0) is 14.8. The second-order valence-electron chi connectivity index (χ2n) is 4.23. The molecule has 106 valence electrons. The molecule has 20 heavy (non-hydrogen) atoms. The fraction of sp³-hybridized carbons (Fsp3) is 0.200. The summed E-state index contributed by atoms with van der Waals surface area (Å²) >= 11 is 3.43. The Morgan fingerprint density at radius 2 is 1.60 bits per heavy atom. The third-order valence-electron chi connectivity index (χ3n) is 2.82. The molecular formula is C15H12BrF3O. The van der Waals surface area contributed by atoms with Crippen LogP contribution in [-0.2, 0) is 12.6 Å². The second kappa shape index (κ2) is 5.87. The van der Waals surface area contributed by atoms with Gasteiger partial charge in [0.25, 0.3) is 0 Å². The Bertz CT molecular complexity index is 591. The summed E-state index contributed by atoms with van der Waals surface area (Å²) in [5.41, 5.74) is 0.393. The van der Waals surface area contributed by atoms with Crippen LogP contribution in [0.4, 0.5) is 13.2 Å². The summed E-state index contributed by atoms with van der Waals surface area (Å²) in [4.78, 5) is 0. The highest BCUT2D eigenvalue weighted by Crippen LogP contribution is 2.32. The van der Waals surface area contributed by atoms with Gasteiger partial charge in [0.2, 0.25) is 0 Å². The van der Waals surface area contributed by atoms with Crippen LogP contribution in [0.3, 0.4) is 0 Å². The molecule has 0 spiro atoms. The molecule has 2 aromatic carbocycles. The van der Waals surface area contributed by atoms with Crippen molar-refractivity contribution in [2.24, 2.45) is 0 Å². The summed E-state index contributed by atoms with van der Waals surface area (Å²) < 4.78 is 43.9. The zero-order valence-electron chi connectivity index (χ0n) is 10.7. The second-order valence-corrected chi connectivity index (χ2v) is 5.09. The van der Waals surface area contributed by atoms with Gasteiger partial charge in [-0.15, -0.1) is 0 Å². The number of rotatable bonds is 3. The van der Waals surface area contributed by atoms with E-state index in [0.717, 1.165) is 28.6 Å². The molecule has 1 nitrogen and oxygen atoms in total. The van der Waals surface area contributed by atoms with Gasteiger partial charge in [0.1, 0.15) is 11.5 Å². The first-order valence-corrected chi connectivity index (χ1v) is 6.83. The number of aryl methyl sites for hydroxylation is 1. The van der Waals surface area contributed by atoms with Crippen molar-refractivity contribution in [2.75, 3.05) is 0 Å². The minimum absolute atomic E-state index is 0.377. The molecule has 0 radical (unpaired) electrons. The van der Waals surface area contributed by atoms with Crippen LogP contribution < -0.4 is 4.74 Å². The average molecular weight is 345 g/mol. The molecular weight excluding hydrogens is 333 g/mol. The van der Waals surface area contributed by atoms with Crippen molar-refractivity contribution in [3.05, 3.63) is 58.1 Å². The molecule has 0 atom stereocenters. The van der Waals surface area contributed by atoms with Gasteiger partial charge >= 0.3 is 6.18 Å². The van der Waals surface area contributed by atoms with Crippen LogP contribution >= 0.6 is 15.9 Å². The van der Waals surface area contributed by atoms with Crippen molar-refractivity contribution >= 4 is 15.9 Å². The van der Waals surface area contributed by atoms with E-state index in [1.54, 1.807) is 6.07 Å². The van der Waals surface area contributed by atoms with Crippen molar-refractivity contribution in [3.63, 3.8) is 0 Å². The average Bonchev–Trinajstić information content (AvgIpc) is 2.40. The normalized spacial score (nSPS) is 11.4. The molecule has 0 N–H and O–H groups in total. The predicted molar refractivity (Wildman–Crippen MR) is 75.0 cm³/mol. The summed E-state index contributed by atoms with van der Waals surface area (Å²) in [5, 5.41) is 0. The van der Waals surface area contributed by atoms with Gasteiger partial charge in [-0.05, 0) is 54.4 Å². The molecule has 0 amide bonds. The van der Waals surface area contributed by atoms with Crippen molar-refractivity contribution in [2.45, 2.75) is 19.5 Å². The van der Waals surface area contributed by atoms with Gasteiger partial charge in [0, 0.05) is 4.47 Å². The summed E-state index contributed by atoms with van der Waals surface area (Å²) in [6, 6.07) is 10.1. The van der Waals surface area contributed by atoms with E-state index in [2.05, 4.69) is 15.9 Å². The molecule has 0 aliphatic carbocycles. The first-order chi connectivity index (χ1) is 9.40. The van der Waals surface area contributed by atoms with Crippen LogP contribution in [0.2, 0.25) is 0 Å². The number of alkyl halides is 3. The molecule has 2 aromatic rings. The van der Waals surface area contributed by atoms with E-state index >= 15 is 0 Å². The van der Waals surface area contributed by atoms with Gasteiger partial charge in [-0.2, -0.15) is 13.2 Å². The lowest BCUT2D eigenvalue weighted by Crippen LogP contribution is -2.03. The Labute approximate surface area is 123 Å². The maximum Gasteiger partial charge on any atom is 0.416 e. The lowest BCUT2D eigenvalue weighted by Gasteiger charge is -2.10. The van der Waals surface area contributed by atoms with Crippen LogP contribution in [-0.4, -0.2) is 0 Å². The Hall–Kier alpha value is -1.49. The van der Waals surface area contributed by atoms with Crippen LogP contribution in [0.15, 0.2) is 46.9 Å². The van der Waals surface area contributed by atoms with Crippen LogP contribution in [0.25, 0.3) is 0 Å². The number of benzene rings is 2. The third kappa shape index (κ3) is 3.54. The molecule has 5 heteroatoms. The molecule has 0 saturated heterocycles. The van der Waals surface area contributed by atoms with E-state index in [9.17, 15) is 13.2 Å². The van der Waals surface area contributed by atoms with E-state index in [0.29, 0.717) is 11.5 Å². The molecule has 0 bridgehead atoms. The van der Waals surface area contributed by atoms with E-state index < -0.39 is 11.7 Å². The van der Waals surface area contributed by atoms with Gasteiger partial charge in [-0.1, -0.05) is 22.9 Å². The first-order valence-electron chi connectivity index (χ1n) is 6.03. The molecule has 2 rings (SSSR count). The number of ether oxygens (including phenoxy) is 1. The number of hydrogen-bond donors (Lipinski definition) is 0. The van der Waals surface area contributed by atoms with Crippen LogP contribution in [0.1, 0.15) is 18.1 Å². The maximum absolute atomic E-state index is 12.4. The monoisotopic (exact) mass is 344 g/mol. The van der Waals surface area contributed by atoms with E-state index in [-0.39, 0.29) is 0 Å². The standard InChI is InChI=1S/C15H12BrF3O/c1-2-10-9-13(7-8-14(10)16)20-12-5-3-11(4-6-12)15(17,18)19/h3-9H,2H2,1H3. The lowest BCUT2D eigenvalue weighted by molar-refractivity contribution is -0.137. The van der Waals surface area contributed by atoms with E-state index in [1.807, 2.05) is 19.1 Å². The van der Waals surface area contributed by atoms with Gasteiger partial charge in [-0.25, -0.2) is 0 Å². The number of hydrogen-bond acceptors (Lipinski definition) is 1. The van der Waals surface area contributed by atoms with Crippen molar-refractivity contribution in [3.8, 4) is 11.5 Å². The van der Waals surface area contributed by atoms with Crippen molar-refractivity contribution < 1.29 is 17.9 Å². The highest BCUT2D eigenvalue weighted by Gasteiger charge is 2.30. The Kier molecular flexibility index (Phi) is 4.38. The van der Waals surface area contributed by atoms with Crippen molar-refractivity contribution in [1.82, 2.24) is 0 Å². The molecule has 0 unspecified atom stereocenters. The summed E-state index contributed by atoms with van der Waals surface area (Å²) in [6.07, 6.45) is -3.49. The SMILES string of the molecule is CCc1cc(Oc2ccc(C(F)(F)F)cc2)ccc1Br. The first kappa shape index (κ1) is 14.9. The fourth-order valence-corrected chi connectivity index (χ4v) is 2.26. The van der Waals surface area contributed by atoms with Gasteiger partial charge in [0.05, 0.1) is 5.56 Å². The minimum Gasteiger partial charge on any atom is -0.457 e. The Balaban J connectivity index is 2.18. The largest absolute Gasteiger partial charge is 0.457 e. The molecule has 0 aliphatic rings. The third-order valence-corrected chi connectivity index (χ3v) is 3.59. The van der Waals surface area contributed by atoms with Crippen LogP contribution in [0.5, 0.6) is 11.5 Å². The van der Waals surface area contributed by atoms with Gasteiger partial charge < -0.3 is 4.74 Å². The summed E-state index contributed by atoms with van der Waals surface area (Å²) in [6.45, 7) is 2.02. The highest BCUT2D eigenvalue weighted by molar-refractivity contribution is 9.10. The zero-order valence-corrected chi connectivity index (χ0v) is 12.3. The summed E-state index contributed by atoms with van der Waals surface area (Å²) in [7, 11) is 0. The molecule has 0 aliphatic heterocycles.